The van der Waals surface area contributed by atoms with E-state index >= 15 is 0 Å². The smallest absolute Gasteiger partial charge is 0.272 e. The average molecular weight is 341 g/mol. The highest BCUT2D eigenvalue weighted by Gasteiger charge is 2.20. The quantitative estimate of drug-likeness (QED) is 0.674. The minimum absolute atomic E-state index is 0.128. The van der Waals surface area contributed by atoms with E-state index < -0.39 is 0 Å². The van der Waals surface area contributed by atoms with E-state index in [-0.39, 0.29) is 5.91 Å². The first-order chi connectivity index (χ1) is 11.6. The van der Waals surface area contributed by atoms with Crippen molar-refractivity contribution in [1.29, 1.82) is 0 Å². The molecule has 24 heavy (non-hydrogen) atoms. The van der Waals surface area contributed by atoms with Crippen LogP contribution in [-0.4, -0.2) is 10.5 Å². The Labute approximate surface area is 147 Å². The molecule has 1 heterocycles. The van der Waals surface area contributed by atoms with Crippen molar-refractivity contribution in [2.75, 3.05) is 5.32 Å². The second-order valence-corrected chi connectivity index (χ2v) is 6.26. The molecule has 4 heteroatoms. The molecule has 0 atom stereocenters. The zero-order chi connectivity index (χ0) is 17.3. The SMILES string of the molecule is CCc1ccc2c(c1)c(C)c(C(=O)Nc1ccccc1Cl)n2CC. The fourth-order valence-corrected chi connectivity index (χ4v) is 3.34. The van der Waals surface area contributed by atoms with Crippen LogP contribution in [0.3, 0.4) is 0 Å². The number of carbonyl (C=O) groups excluding carboxylic acids is 1. The average Bonchev–Trinajstić information content (AvgIpc) is 2.88. The summed E-state index contributed by atoms with van der Waals surface area (Å²) in [6, 6.07) is 13.7. The van der Waals surface area contributed by atoms with Crippen LogP contribution in [0.2, 0.25) is 5.02 Å². The van der Waals surface area contributed by atoms with Gasteiger partial charge in [-0.05, 0) is 55.7 Å². The van der Waals surface area contributed by atoms with Gasteiger partial charge in [0.15, 0.2) is 0 Å². The maximum atomic E-state index is 12.9. The predicted octanol–water partition coefficient (Wildman–Crippen LogP) is 5.44. The molecular weight excluding hydrogens is 320 g/mol. The van der Waals surface area contributed by atoms with E-state index in [4.69, 9.17) is 11.6 Å². The van der Waals surface area contributed by atoms with Gasteiger partial charge >= 0.3 is 0 Å². The van der Waals surface area contributed by atoms with Gasteiger partial charge in [-0.1, -0.05) is 36.7 Å². The molecule has 1 N–H and O–H groups in total. The lowest BCUT2D eigenvalue weighted by Crippen LogP contribution is -2.18. The third kappa shape index (κ3) is 2.80. The summed E-state index contributed by atoms with van der Waals surface area (Å²) in [5.74, 6) is -0.128. The molecule has 0 saturated heterocycles. The molecule has 3 rings (SSSR count). The Morgan fingerprint density at radius 1 is 1.17 bits per heavy atom. The molecule has 3 nitrogen and oxygen atoms in total. The van der Waals surface area contributed by atoms with Crippen LogP contribution in [0.25, 0.3) is 10.9 Å². The molecule has 0 aliphatic carbocycles. The van der Waals surface area contributed by atoms with Gasteiger partial charge in [-0.2, -0.15) is 0 Å². The monoisotopic (exact) mass is 340 g/mol. The molecule has 0 aliphatic rings. The number of fused-ring (bicyclic) bond motifs is 1. The summed E-state index contributed by atoms with van der Waals surface area (Å²) in [6.45, 7) is 6.94. The predicted molar refractivity (Wildman–Crippen MR) is 101 cm³/mol. The Morgan fingerprint density at radius 2 is 1.92 bits per heavy atom. The number of nitrogens with one attached hydrogen (secondary N) is 1. The molecule has 0 unspecified atom stereocenters. The van der Waals surface area contributed by atoms with Gasteiger partial charge in [0, 0.05) is 17.4 Å². The first-order valence-electron chi connectivity index (χ1n) is 8.24. The molecule has 1 aromatic heterocycles. The maximum Gasteiger partial charge on any atom is 0.272 e. The van der Waals surface area contributed by atoms with Gasteiger partial charge in [0.1, 0.15) is 5.69 Å². The third-order valence-corrected chi connectivity index (χ3v) is 4.77. The zero-order valence-corrected chi connectivity index (χ0v) is 14.9. The van der Waals surface area contributed by atoms with E-state index in [1.54, 1.807) is 6.07 Å². The molecule has 2 aromatic carbocycles. The van der Waals surface area contributed by atoms with E-state index in [1.165, 1.54) is 5.56 Å². The van der Waals surface area contributed by atoms with Crippen molar-refractivity contribution in [3.63, 3.8) is 0 Å². The zero-order valence-electron chi connectivity index (χ0n) is 14.2. The molecule has 0 radical (unpaired) electrons. The Kier molecular flexibility index (Phi) is 4.63. The van der Waals surface area contributed by atoms with Gasteiger partial charge in [0.25, 0.3) is 5.91 Å². The lowest BCUT2D eigenvalue weighted by Gasteiger charge is -2.11. The number of anilines is 1. The molecule has 1 amide bonds. The number of para-hydroxylation sites is 1. The molecule has 0 fully saturated rings. The number of carbonyl (C=O) groups is 1. The van der Waals surface area contributed by atoms with Crippen molar-refractivity contribution in [2.24, 2.45) is 0 Å². The summed E-state index contributed by atoms with van der Waals surface area (Å²) >= 11 is 6.17. The highest BCUT2D eigenvalue weighted by Crippen LogP contribution is 2.29. The fourth-order valence-electron chi connectivity index (χ4n) is 3.15. The minimum Gasteiger partial charge on any atom is -0.337 e. The molecule has 124 valence electrons. The number of halogens is 1. The molecule has 3 aromatic rings. The van der Waals surface area contributed by atoms with Crippen LogP contribution in [0.4, 0.5) is 5.69 Å². The third-order valence-electron chi connectivity index (χ3n) is 4.44. The van der Waals surface area contributed by atoms with Gasteiger partial charge in [0.2, 0.25) is 0 Å². The summed E-state index contributed by atoms with van der Waals surface area (Å²) in [6.07, 6.45) is 0.980. The van der Waals surface area contributed by atoms with E-state index in [0.29, 0.717) is 16.4 Å². The van der Waals surface area contributed by atoms with E-state index in [9.17, 15) is 4.79 Å². The number of hydrogen-bond donors (Lipinski definition) is 1. The van der Waals surface area contributed by atoms with Gasteiger partial charge in [-0.15, -0.1) is 0 Å². The molecule has 0 spiro atoms. The summed E-state index contributed by atoms with van der Waals surface area (Å²) in [5, 5.41) is 4.62. The fraction of sp³-hybridized carbons (Fsp3) is 0.250. The van der Waals surface area contributed by atoms with Crippen LogP contribution >= 0.6 is 11.6 Å². The van der Waals surface area contributed by atoms with Crippen LogP contribution in [0.1, 0.15) is 35.5 Å². The van der Waals surface area contributed by atoms with Gasteiger partial charge < -0.3 is 9.88 Å². The first kappa shape index (κ1) is 16.6. The van der Waals surface area contributed by atoms with Crippen molar-refractivity contribution < 1.29 is 4.79 Å². The largest absolute Gasteiger partial charge is 0.337 e. The highest BCUT2D eigenvalue weighted by atomic mass is 35.5. The number of rotatable bonds is 4. The standard InChI is InChI=1S/C20H21ClN2O/c1-4-14-10-11-18-15(12-14)13(3)19(23(18)5-2)20(24)22-17-9-7-6-8-16(17)21/h6-12H,4-5H2,1-3H3,(H,22,24). The molecular formula is C20H21ClN2O. The van der Waals surface area contributed by atoms with E-state index in [2.05, 4.69) is 41.9 Å². The maximum absolute atomic E-state index is 12.9. The number of amides is 1. The van der Waals surface area contributed by atoms with Crippen LogP contribution in [-0.2, 0) is 13.0 Å². The normalized spacial score (nSPS) is 11.0. The number of hydrogen-bond acceptors (Lipinski definition) is 1. The second kappa shape index (κ2) is 6.70. The number of aryl methyl sites for hydroxylation is 3. The summed E-state index contributed by atoms with van der Waals surface area (Å²) < 4.78 is 2.07. The minimum atomic E-state index is -0.128. The second-order valence-electron chi connectivity index (χ2n) is 5.86. The topological polar surface area (TPSA) is 34.0 Å². The lowest BCUT2D eigenvalue weighted by atomic mass is 10.1. The van der Waals surface area contributed by atoms with E-state index in [1.807, 2.05) is 25.1 Å². The van der Waals surface area contributed by atoms with Crippen LogP contribution in [0.15, 0.2) is 42.5 Å². The van der Waals surface area contributed by atoms with Crippen molar-refractivity contribution in [3.8, 4) is 0 Å². The van der Waals surface area contributed by atoms with E-state index in [0.717, 1.165) is 29.4 Å². The van der Waals surface area contributed by atoms with Crippen molar-refractivity contribution in [3.05, 3.63) is 64.3 Å². The Hall–Kier alpha value is -2.26. The molecule has 0 aliphatic heterocycles. The Bertz CT molecular complexity index is 911. The summed E-state index contributed by atoms with van der Waals surface area (Å²) in [4.78, 5) is 12.9. The van der Waals surface area contributed by atoms with Crippen LogP contribution < -0.4 is 5.32 Å². The Balaban J connectivity index is 2.09. The molecule has 0 saturated carbocycles. The number of benzene rings is 2. The first-order valence-corrected chi connectivity index (χ1v) is 8.62. The number of nitrogens with zero attached hydrogens (tertiary/aromatic N) is 1. The molecule has 0 bridgehead atoms. The number of aromatic nitrogens is 1. The van der Waals surface area contributed by atoms with Crippen LogP contribution in [0, 0.1) is 6.92 Å². The van der Waals surface area contributed by atoms with Gasteiger partial charge in [0.05, 0.1) is 10.7 Å². The van der Waals surface area contributed by atoms with Gasteiger partial charge in [-0.25, -0.2) is 0 Å². The Morgan fingerprint density at radius 3 is 2.58 bits per heavy atom. The highest BCUT2D eigenvalue weighted by molar-refractivity contribution is 6.34. The van der Waals surface area contributed by atoms with Gasteiger partial charge in [-0.3, -0.25) is 4.79 Å². The van der Waals surface area contributed by atoms with Crippen molar-refractivity contribution in [2.45, 2.75) is 33.7 Å². The summed E-state index contributed by atoms with van der Waals surface area (Å²) in [7, 11) is 0. The van der Waals surface area contributed by atoms with Crippen molar-refractivity contribution >= 4 is 34.1 Å². The summed E-state index contributed by atoms with van der Waals surface area (Å²) in [5.41, 5.74) is 4.70. The van der Waals surface area contributed by atoms with Crippen LogP contribution in [0.5, 0.6) is 0 Å². The lowest BCUT2D eigenvalue weighted by molar-refractivity contribution is 0.101. The van der Waals surface area contributed by atoms with Crippen molar-refractivity contribution in [1.82, 2.24) is 4.57 Å².